The molecule has 0 radical (unpaired) electrons. The summed E-state index contributed by atoms with van der Waals surface area (Å²) in [6.07, 6.45) is 3.04. The number of benzene rings is 2. The Kier molecular flexibility index (Phi) is 4.88. The summed E-state index contributed by atoms with van der Waals surface area (Å²) in [5.74, 6) is -0.437. The number of hydrogen-bond donors (Lipinski definition) is 0. The number of aromatic nitrogens is 2. The lowest BCUT2D eigenvalue weighted by molar-refractivity contribution is -0.385. The predicted octanol–water partition coefficient (Wildman–Crippen LogP) is 4.35. The molecule has 4 rings (SSSR count). The number of ether oxygens (including phenoxy) is 1. The zero-order valence-electron chi connectivity index (χ0n) is 16.1. The van der Waals surface area contributed by atoms with Crippen molar-refractivity contribution in [2.45, 2.75) is 6.92 Å². The van der Waals surface area contributed by atoms with E-state index in [0.29, 0.717) is 11.3 Å². The highest BCUT2D eigenvalue weighted by molar-refractivity contribution is 5.93. The van der Waals surface area contributed by atoms with E-state index in [0.717, 1.165) is 5.56 Å². The minimum Gasteiger partial charge on any atom is -0.423 e. The van der Waals surface area contributed by atoms with Gasteiger partial charge in [0.05, 0.1) is 27.3 Å². The number of hydrogen-bond acceptors (Lipinski definition) is 7. The summed E-state index contributed by atoms with van der Waals surface area (Å²) < 4.78 is 6.91. The van der Waals surface area contributed by atoms with Crippen molar-refractivity contribution in [1.82, 2.24) is 9.38 Å². The first-order valence-electron chi connectivity index (χ1n) is 9.03. The second kappa shape index (κ2) is 7.67. The molecule has 0 saturated carbocycles. The predicted molar refractivity (Wildman–Crippen MR) is 110 cm³/mol. The van der Waals surface area contributed by atoms with Crippen LogP contribution in [0.2, 0.25) is 0 Å². The van der Waals surface area contributed by atoms with E-state index in [9.17, 15) is 25.0 Å². The first kappa shape index (κ1) is 19.7. The smallest absolute Gasteiger partial charge is 0.344 e. The maximum Gasteiger partial charge on any atom is 0.344 e. The van der Waals surface area contributed by atoms with Crippen molar-refractivity contribution in [3.05, 3.63) is 98.3 Å². The number of nitro groups is 2. The van der Waals surface area contributed by atoms with Gasteiger partial charge in [0.1, 0.15) is 11.4 Å². The minimum atomic E-state index is -0.700. The molecule has 0 aliphatic carbocycles. The quantitative estimate of drug-likeness (QED) is 0.204. The number of rotatable bonds is 5. The monoisotopic (exact) mass is 418 g/mol. The van der Waals surface area contributed by atoms with Crippen LogP contribution in [0.15, 0.2) is 67.0 Å². The maximum atomic E-state index is 12.5. The van der Waals surface area contributed by atoms with Crippen molar-refractivity contribution in [3.8, 4) is 17.0 Å². The molecule has 0 aliphatic rings. The average molecular weight is 418 g/mol. The highest BCUT2D eigenvalue weighted by atomic mass is 16.6. The normalized spacial score (nSPS) is 10.7. The second-order valence-electron chi connectivity index (χ2n) is 6.66. The lowest BCUT2D eigenvalue weighted by Gasteiger charge is -2.07. The van der Waals surface area contributed by atoms with E-state index in [1.165, 1.54) is 37.4 Å². The van der Waals surface area contributed by atoms with E-state index in [1.807, 2.05) is 0 Å². The summed E-state index contributed by atoms with van der Waals surface area (Å²) in [4.78, 5) is 37.8. The zero-order valence-corrected chi connectivity index (χ0v) is 16.1. The Morgan fingerprint density at radius 1 is 0.968 bits per heavy atom. The molecule has 0 amide bonds. The Morgan fingerprint density at radius 2 is 1.71 bits per heavy atom. The Morgan fingerprint density at radius 3 is 2.39 bits per heavy atom. The Hall–Kier alpha value is -4.60. The van der Waals surface area contributed by atoms with Crippen molar-refractivity contribution in [3.63, 3.8) is 0 Å². The fourth-order valence-electron chi connectivity index (χ4n) is 3.13. The molecule has 10 heteroatoms. The molecule has 0 unspecified atom stereocenters. The lowest BCUT2D eigenvalue weighted by Crippen LogP contribution is -2.11. The summed E-state index contributed by atoms with van der Waals surface area (Å²) in [6.45, 7) is 1.49. The van der Waals surface area contributed by atoms with Crippen LogP contribution in [-0.2, 0) is 0 Å². The molecule has 0 N–H and O–H groups in total. The summed E-state index contributed by atoms with van der Waals surface area (Å²) in [6, 6.07) is 13.7. The maximum absolute atomic E-state index is 12.5. The van der Waals surface area contributed by atoms with Crippen LogP contribution in [-0.4, -0.2) is 25.2 Å². The standard InChI is InChI=1S/C21H14N4O6/c1-13-17(3-2-4-19(13)25(29)30)21(26)31-16-8-5-14(6-9-16)18-12-23-11-15(24(27)28)7-10-20(23)22-18/h2-12H,1H3. The van der Waals surface area contributed by atoms with Gasteiger partial charge < -0.3 is 4.74 Å². The number of pyridine rings is 1. The van der Waals surface area contributed by atoms with Gasteiger partial charge in [-0.1, -0.05) is 6.07 Å². The molecule has 10 nitrogen and oxygen atoms in total. The molecule has 2 heterocycles. The molecule has 2 aromatic carbocycles. The van der Waals surface area contributed by atoms with Crippen molar-refractivity contribution in [2.75, 3.05) is 0 Å². The number of esters is 1. The highest BCUT2D eigenvalue weighted by Crippen LogP contribution is 2.26. The van der Waals surface area contributed by atoms with Crippen LogP contribution in [0.4, 0.5) is 11.4 Å². The van der Waals surface area contributed by atoms with Gasteiger partial charge >= 0.3 is 5.97 Å². The molecule has 4 aromatic rings. The van der Waals surface area contributed by atoms with Crippen molar-refractivity contribution in [2.24, 2.45) is 0 Å². The minimum absolute atomic E-state index is 0.0462. The van der Waals surface area contributed by atoms with Gasteiger partial charge in [0.2, 0.25) is 0 Å². The van der Waals surface area contributed by atoms with Gasteiger partial charge in [-0.05, 0) is 43.3 Å². The highest BCUT2D eigenvalue weighted by Gasteiger charge is 2.19. The summed E-state index contributed by atoms with van der Waals surface area (Å²) >= 11 is 0. The largest absolute Gasteiger partial charge is 0.423 e. The third kappa shape index (κ3) is 3.81. The number of nitrogens with zero attached hydrogens (tertiary/aromatic N) is 4. The fraction of sp³-hybridized carbons (Fsp3) is 0.0476. The van der Waals surface area contributed by atoms with E-state index in [-0.39, 0.29) is 28.3 Å². The van der Waals surface area contributed by atoms with E-state index in [2.05, 4.69) is 4.98 Å². The van der Waals surface area contributed by atoms with Gasteiger partial charge in [-0.2, -0.15) is 0 Å². The van der Waals surface area contributed by atoms with E-state index in [4.69, 9.17) is 4.74 Å². The van der Waals surface area contributed by atoms with E-state index >= 15 is 0 Å². The van der Waals surface area contributed by atoms with Gasteiger partial charge in [-0.3, -0.25) is 24.6 Å². The number of carbonyl (C=O) groups excluding carboxylic acids is 1. The van der Waals surface area contributed by atoms with Crippen LogP contribution in [0.1, 0.15) is 15.9 Å². The first-order chi connectivity index (χ1) is 14.8. The average Bonchev–Trinajstić information content (AvgIpc) is 3.17. The van der Waals surface area contributed by atoms with Gasteiger partial charge in [0.25, 0.3) is 11.4 Å². The molecule has 0 aliphatic heterocycles. The molecule has 2 aromatic heterocycles. The van der Waals surface area contributed by atoms with Gasteiger partial charge in [-0.15, -0.1) is 0 Å². The van der Waals surface area contributed by atoms with Gasteiger partial charge in [0.15, 0.2) is 0 Å². The van der Waals surface area contributed by atoms with Crippen molar-refractivity contribution >= 4 is 23.0 Å². The lowest BCUT2D eigenvalue weighted by atomic mass is 10.1. The topological polar surface area (TPSA) is 130 Å². The molecule has 31 heavy (non-hydrogen) atoms. The second-order valence-corrected chi connectivity index (χ2v) is 6.66. The number of fused-ring (bicyclic) bond motifs is 1. The molecular weight excluding hydrogens is 404 g/mol. The van der Waals surface area contributed by atoms with Gasteiger partial charge in [0, 0.05) is 29.5 Å². The van der Waals surface area contributed by atoms with Crippen LogP contribution < -0.4 is 4.74 Å². The third-order valence-electron chi connectivity index (χ3n) is 4.73. The number of carbonyl (C=O) groups is 1. The number of imidazole rings is 1. The van der Waals surface area contributed by atoms with Gasteiger partial charge in [-0.25, -0.2) is 9.78 Å². The molecule has 154 valence electrons. The summed E-state index contributed by atoms with van der Waals surface area (Å²) in [7, 11) is 0. The molecule has 0 spiro atoms. The Labute approximate surface area is 174 Å². The first-order valence-corrected chi connectivity index (χ1v) is 9.03. The van der Waals surface area contributed by atoms with Crippen LogP contribution in [0.3, 0.4) is 0 Å². The van der Waals surface area contributed by atoms with E-state index < -0.39 is 15.8 Å². The van der Waals surface area contributed by atoms with E-state index in [1.54, 1.807) is 40.9 Å². The number of nitro benzene ring substituents is 1. The SMILES string of the molecule is Cc1c(C(=O)Oc2ccc(-c3cn4cc([N+](=O)[O-])ccc4n3)cc2)cccc1[N+](=O)[O-]. The fourth-order valence-corrected chi connectivity index (χ4v) is 3.13. The molecule has 0 fully saturated rings. The van der Waals surface area contributed by atoms with Crippen molar-refractivity contribution < 1.29 is 19.4 Å². The zero-order chi connectivity index (χ0) is 22.1. The Bertz CT molecular complexity index is 1340. The van der Waals surface area contributed by atoms with Crippen molar-refractivity contribution in [1.29, 1.82) is 0 Å². The molecule has 0 atom stereocenters. The molecule has 0 bridgehead atoms. The molecular formula is C21H14N4O6. The molecule has 0 saturated heterocycles. The Balaban J connectivity index is 1.56. The van der Waals surface area contributed by atoms with Crippen LogP contribution in [0.25, 0.3) is 16.9 Å². The van der Waals surface area contributed by atoms with Crippen LogP contribution >= 0.6 is 0 Å². The summed E-state index contributed by atoms with van der Waals surface area (Å²) in [5.41, 5.74) is 2.00. The van der Waals surface area contributed by atoms with Crippen LogP contribution in [0, 0.1) is 27.2 Å². The summed E-state index contributed by atoms with van der Waals surface area (Å²) in [5, 5.41) is 22.0. The third-order valence-corrected chi connectivity index (χ3v) is 4.73. The van der Waals surface area contributed by atoms with Crippen LogP contribution in [0.5, 0.6) is 5.75 Å².